The van der Waals surface area contributed by atoms with Crippen molar-refractivity contribution < 1.29 is 4.42 Å². The molecule has 0 fully saturated rings. The average molecular weight is 285 g/mol. The summed E-state index contributed by atoms with van der Waals surface area (Å²) < 4.78 is 8.40. The van der Waals surface area contributed by atoms with Gasteiger partial charge in [0.15, 0.2) is 0 Å². The fraction of sp³-hybridized carbons (Fsp3) is 0.100. The highest BCUT2D eigenvalue weighted by atomic mass is 16.3. The number of hydrogen-bond donors (Lipinski definition) is 0. The van der Waals surface area contributed by atoms with E-state index in [1.165, 1.54) is 32.6 Å². The Morgan fingerprint density at radius 2 is 1.50 bits per heavy atom. The van der Waals surface area contributed by atoms with Crippen molar-refractivity contribution in [2.75, 3.05) is 0 Å². The Kier molecular flexibility index (Phi) is 2.23. The first-order valence-electron chi connectivity index (χ1n) is 7.69. The van der Waals surface area contributed by atoms with Crippen LogP contribution >= 0.6 is 0 Å². The fourth-order valence-electron chi connectivity index (χ4n) is 3.61. The van der Waals surface area contributed by atoms with E-state index in [1.807, 2.05) is 12.1 Å². The molecule has 2 heterocycles. The van der Waals surface area contributed by atoms with Crippen LogP contribution in [0.4, 0.5) is 0 Å². The zero-order valence-electron chi connectivity index (χ0n) is 12.3. The predicted octanol–water partition coefficient (Wildman–Crippen LogP) is 5.71. The summed E-state index contributed by atoms with van der Waals surface area (Å²) in [6.07, 6.45) is 0. The van der Waals surface area contributed by atoms with Crippen molar-refractivity contribution in [3.63, 3.8) is 0 Å². The first-order valence-corrected chi connectivity index (χ1v) is 7.69. The number of para-hydroxylation sites is 2. The number of rotatable bonds is 1. The van der Waals surface area contributed by atoms with Crippen molar-refractivity contribution >= 4 is 43.7 Å². The molecule has 0 aliphatic rings. The van der Waals surface area contributed by atoms with Crippen molar-refractivity contribution in [1.82, 2.24) is 4.57 Å². The van der Waals surface area contributed by atoms with Crippen LogP contribution in [0.2, 0.25) is 0 Å². The first kappa shape index (κ1) is 11.9. The largest absolute Gasteiger partial charge is 0.456 e. The summed E-state index contributed by atoms with van der Waals surface area (Å²) in [7, 11) is 0. The lowest BCUT2D eigenvalue weighted by atomic mass is 10.1. The van der Waals surface area contributed by atoms with Gasteiger partial charge in [-0.1, -0.05) is 36.4 Å². The van der Waals surface area contributed by atoms with Gasteiger partial charge in [0.25, 0.3) is 0 Å². The van der Waals surface area contributed by atoms with Crippen molar-refractivity contribution in [2.24, 2.45) is 0 Å². The molecule has 0 atom stereocenters. The Labute approximate surface area is 127 Å². The van der Waals surface area contributed by atoms with E-state index in [2.05, 4.69) is 60.0 Å². The molecule has 0 bridgehead atoms. The van der Waals surface area contributed by atoms with Crippen molar-refractivity contribution in [1.29, 1.82) is 0 Å². The van der Waals surface area contributed by atoms with Gasteiger partial charge in [0.05, 0.1) is 5.52 Å². The summed E-state index contributed by atoms with van der Waals surface area (Å²) >= 11 is 0. The molecule has 0 N–H and O–H groups in total. The number of furan rings is 1. The monoisotopic (exact) mass is 285 g/mol. The molecule has 2 aromatic heterocycles. The molecular weight excluding hydrogens is 270 g/mol. The number of hydrogen-bond acceptors (Lipinski definition) is 1. The molecule has 0 spiro atoms. The molecule has 0 aliphatic carbocycles. The Morgan fingerprint density at radius 1 is 0.727 bits per heavy atom. The fourth-order valence-corrected chi connectivity index (χ4v) is 3.61. The van der Waals surface area contributed by atoms with Gasteiger partial charge in [0.2, 0.25) is 0 Å². The van der Waals surface area contributed by atoms with Crippen LogP contribution in [-0.2, 0) is 6.54 Å². The van der Waals surface area contributed by atoms with Gasteiger partial charge in [0.1, 0.15) is 11.2 Å². The van der Waals surface area contributed by atoms with E-state index in [0.29, 0.717) is 0 Å². The minimum atomic E-state index is 0.954. The normalized spacial score (nSPS) is 12.0. The third kappa shape index (κ3) is 1.39. The summed E-state index contributed by atoms with van der Waals surface area (Å²) in [5.41, 5.74) is 4.45. The topological polar surface area (TPSA) is 18.1 Å². The second-order valence-corrected chi connectivity index (χ2v) is 5.73. The quantitative estimate of drug-likeness (QED) is 0.385. The van der Waals surface area contributed by atoms with E-state index in [0.717, 1.165) is 17.7 Å². The third-order valence-corrected chi connectivity index (χ3v) is 4.59. The third-order valence-electron chi connectivity index (χ3n) is 4.59. The van der Waals surface area contributed by atoms with Crippen LogP contribution in [0.15, 0.2) is 65.1 Å². The van der Waals surface area contributed by atoms with E-state index in [4.69, 9.17) is 4.42 Å². The lowest BCUT2D eigenvalue weighted by Crippen LogP contribution is -1.92. The van der Waals surface area contributed by atoms with Gasteiger partial charge in [0, 0.05) is 39.7 Å². The maximum atomic E-state index is 6.04. The lowest BCUT2D eigenvalue weighted by molar-refractivity contribution is 0.669. The molecule has 2 nitrogen and oxygen atoms in total. The van der Waals surface area contributed by atoms with Gasteiger partial charge >= 0.3 is 0 Å². The van der Waals surface area contributed by atoms with Crippen LogP contribution in [0.5, 0.6) is 0 Å². The summed E-state index contributed by atoms with van der Waals surface area (Å²) in [6, 6.07) is 21.3. The van der Waals surface area contributed by atoms with Crippen LogP contribution in [0, 0.1) is 0 Å². The number of nitrogens with zero attached hydrogens (tertiary/aromatic N) is 1. The maximum absolute atomic E-state index is 6.04. The van der Waals surface area contributed by atoms with Crippen LogP contribution in [0.3, 0.4) is 0 Å². The molecule has 22 heavy (non-hydrogen) atoms. The second-order valence-electron chi connectivity index (χ2n) is 5.73. The van der Waals surface area contributed by atoms with E-state index < -0.39 is 0 Å². The van der Waals surface area contributed by atoms with Gasteiger partial charge in [-0.3, -0.25) is 0 Å². The molecule has 3 aromatic carbocycles. The highest BCUT2D eigenvalue weighted by molar-refractivity contribution is 6.16. The molecule has 0 radical (unpaired) electrons. The van der Waals surface area contributed by atoms with E-state index in [9.17, 15) is 0 Å². The summed E-state index contributed by atoms with van der Waals surface area (Å²) in [6.45, 7) is 3.14. The average Bonchev–Trinajstić information content (AvgIpc) is 3.07. The van der Waals surface area contributed by atoms with E-state index >= 15 is 0 Å². The summed E-state index contributed by atoms with van der Waals surface area (Å²) in [4.78, 5) is 0. The first-order chi connectivity index (χ1) is 10.9. The predicted molar refractivity (Wildman–Crippen MR) is 92.4 cm³/mol. The second kappa shape index (κ2) is 4.14. The molecule has 0 saturated carbocycles. The standard InChI is InChI=1S/C20H15NO/c1-2-21-17-9-5-3-7-13(17)15-11-16-14-8-4-6-10-19(14)22-20(16)12-18(15)21/h3-12H,2H2,1H3. The highest BCUT2D eigenvalue weighted by Crippen LogP contribution is 2.36. The van der Waals surface area contributed by atoms with Crippen LogP contribution in [0.25, 0.3) is 43.7 Å². The minimum absolute atomic E-state index is 0.954. The molecule has 0 saturated heterocycles. The van der Waals surface area contributed by atoms with Crippen LogP contribution < -0.4 is 0 Å². The van der Waals surface area contributed by atoms with Gasteiger partial charge < -0.3 is 8.98 Å². The Hall–Kier alpha value is -2.74. The van der Waals surface area contributed by atoms with Gasteiger partial charge in [-0.2, -0.15) is 0 Å². The van der Waals surface area contributed by atoms with E-state index in [-0.39, 0.29) is 0 Å². The molecule has 5 aromatic rings. The van der Waals surface area contributed by atoms with Gasteiger partial charge in [-0.05, 0) is 25.1 Å². The maximum Gasteiger partial charge on any atom is 0.137 e. The lowest BCUT2D eigenvalue weighted by Gasteiger charge is -2.02. The highest BCUT2D eigenvalue weighted by Gasteiger charge is 2.13. The van der Waals surface area contributed by atoms with Crippen molar-refractivity contribution in [3.05, 3.63) is 60.7 Å². The number of aryl methyl sites for hydroxylation is 1. The van der Waals surface area contributed by atoms with Crippen LogP contribution in [-0.4, -0.2) is 4.57 Å². The molecule has 0 unspecified atom stereocenters. The van der Waals surface area contributed by atoms with Gasteiger partial charge in [-0.25, -0.2) is 0 Å². The van der Waals surface area contributed by atoms with E-state index in [1.54, 1.807) is 0 Å². The van der Waals surface area contributed by atoms with Crippen molar-refractivity contribution in [2.45, 2.75) is 13.5 Å². The number of benzene rings is 3. The van der Waals surface area contributed by atoms with Crippen molar-refractivity contribution in [3.8, 4) is 0 Å². The summed E-state index contributed by atoms with van der Waals surface area (Å²) in [5, 5.41) is 5.00. The molecule has 5 rings (SSSR count). The molecule has 2 heteroatoms. The molecular formula is C20H15NO. The summed E-state index contributed by atoms with van der Waals surface area (Å²) in [5.74, 6) is 0. The zero-order valence-corrected chi connectivity index (χ0v) is 12.3. The molecule has 106 valence electrons. The Morgan fingerprint density at radius 3 is 2.36 bits per heavy atom. The number of fused-ring (bicyclic) bond motifs is 6. The zero-order chi connectivity index (χ0) is 14.7. The SMILES string of the molecule is CCn1c2ccccc2c2cc3c(cc21)oc1ccccc13. The molecule has 0 amide bonds. The smallest absolute Gasteiger partial charge is 0.137 e. The Balaban J connectivity index is 2.06. The number of aromatic nitrogens is 1. The van der Waals surface area contributed by atoms with Gasteiger partial charge in [-0.15, -0.1) is 0 Å². The molecule has 0 aliphatic heterocycles. The Bertz CT molecular complexity index is 1160. The minimum Gasteiger partial charge on any atom is -0.456 e. The van der Waals surface area contributed by atoms with Crippen LogP contribution in [0.1, 0.15) is 6.92 Å².